The first-order valence-electron chi connectivity index (χ1n) is 12.4. The number of hydrogen-bond acceptors (Lipinski definition) is 6. The number of H-pyrrole nitrogens is 1. The van der Waals surface area contributed by atoms with Crippen molar-refractivity contribution < 1.29 is 19.4 Å². The van der Waals surface area contributed by atoms with E-state index in [1.807, 2.05) is 40.1 Å². The summed E-state index contributed by atoms with van der Waals surface area (Å²) in [5.41, 5.74) is 3.33. The predicted octanol–water partition coefficient (Wildman–Crippen LogP) is 5.21. The maximum Gasteiger partial charge on any atom is 0.183 e. The number of ether oxygens (including phenoxy) is 1. The first-order valence-corrected chi connectivity index (χ1v) is 12.4. The van der Waals surface area contributed by atoms with Crippen molar-refractivity contribution in [3.05, 3.63) is 52.7 Å². The zero-order valence-corrected chi connectivity index (χ0v) is 21.5. The van der Waals surface area contributed by atoms with Crippen LogP contribution in [0.1, 0.15) is 72.0 Å². The third-order valence-corrected chi connectivity index (χ3v) is 6.04. The van der Waals surface area contributed by atoms with Gasteiger partial charge in [0.15, 0.2) is 11.6 Å². The van der Waals surface area contributed by atoms with Crippen LogP contribution in [-0.2, 0) is 12.8 Å². The number of benzene rings is 2. The van der Waals surface area contributed by atoms with Crippen LogP contribution in [0.15, 0.2) is 30.3 Å². The smallest absolute Gasteiger partial charge is 0.183 e. The van der Waals surface area contributed by atoms with Gasteiger partial charge in [-0.1, -0.05) is 26.8 Å². The number of nitrogens with zero attached hydrogens (tertiary/aromatic N) is 2. The molecule has 0 aliphatic heterocycles. The van der Waals surface area contributed by atoms with Crippen LogP contribution in [0.3, 0.4) is 0 Å². The van der Waals surface area contributed by atoms with Gasteiger partial charge < -0.3 is 14.7 Å². The van der Waals surface area contributed by atoms with Gasteiger partial charge in [0.25, 0.3) is 0 Å². The average molecular weight is 480 g/mol. The molecule has 0 saturated carbocycles. The summed E-state index contributed by atoms with van der Waals surface area (Å²) in [5.74, 6) is 0.699. The molecule has 0 spiro atoms. The fourth-order valence-electron chi connectivity index (χ4n) is 4.18. The van der Waals surface area contributed by atoms with Crippen molar-refractivity contribution in [2.75, 3.05) is 27.2 Å². The molecule has 1 heterocycles. The number of Topliss-reactive ketones (excluding diaryl/α,β-unsaturated/α-hetero) is 2. The largest absolute Gasteiger partial charge is 0.507 e. The molecule has 1 aromatic heterocycles. The number of aromatic hydroxyl groups is 1. The first kappa shape index (κ1) is 26.4. The third-order valence-electron chi connectivity index (χ3n) is 6.04. The Bertz CT molecular complexity index is 1180. The maximum absolute atomic E-state index is 13.1. The summed E-state index contributed by atoms with van der Waals surface area (Å²) in [6.07, 6.45) is 2.98. The summed E-state index contributed by atoms with van der Waals surface area (Å²) in [5, 5.41) is 18.0. The Kier molecular flexibility index (Phi) is 9.04. The number of ketones is 2. The zero-order valence-electron chi connectivity index (χ0n) is 21.5. The number of phenols is 1. The van der Waals surface area contributed by atoms with Crippen LogP contribution in [0.25, 0.3) is 10.9 Å². The highest BCUT2D eigenvalue weighted by Gasteiger charge is 2.20. The maximum atomic E-state index is 13.1. The molecule has 3 aromatic rings. The molecule has 3 rings (SSSR count). The fraction of sp³-hybridized carbons (Fsp3) is 0.464. The number of carbonyl (C=O) groups excluding carboxylic acids is 2. The van der Waals surface area contributed by atoms with E-state index in [9.17, 15) is 14.7 Å². The highest BCUT2D eigenvalue weighted by Crippen LogP contribution is 2.29. The first-order chi connectivity index (χ1) is 16.7. The Morgan fingerprint density at radius 2 is 1.89 bits per heavy atom. The van der Waals surface area contributed by atoms with Gasteiger partial charge in [0, 0.05) is 30.8 Å². The average Bonchev–Trinajstić information content (AvgIpc) is 3.22. The second kappa shape index (κ2) is 12.0. The normalized spacial score (nSPS) is 11.5. The predicted molar refractivity (Wildman–Crippen MR) is 139 cm³/mol. The Morgan fingerprint density at radius 1 is 1.11 bits per heavy atom. The van der Waals surface area contributed by atoms with Gasteiger partial charge in [-0.15, -0.1) is 0 Å². The van der Waals surface area contributed by atoms with Crippen LogP contribution < -0.4 is 4.74 Å². The minimum absolute atomic E-state index is 0.0769. The SMILES string of the molecule is CCc1cc(OCCCN(C)C)ccc1CCC(=O)c1cc2c(C(=O)CC(C)C)n[nH]c2cc1O. The zero-order chi connectivity index (χ0) is 25.5. The molecule has 188 valence electrons. The third kappa shape index (κ3) is 6.92. The van der Waals surface area contributed by atoms with E-state index < -0.39 is 0 Å². The second-order valence-corrected chi connectivity index (χ2v) is 9.72. The monoisotopic (exact) mass is 479 g/mol. The van der Waals surface area contributed by atoms with Crippen molar-refractivity contribution in [1.29, 1.82) is 0 Å². The Balaban J connectivity index is 1.71. The van der Waals surface area contributed by atoms with Gasteiger partial charge in [0.2, 0.25) is 0 Å². The standard InChI is InChI=1S/C28H37N3O4/c1-6-19-15-21(35-13-7-12-31(4)5)10-8-20(19)9-11-25(32)23-16-22-24(17-26(23)33)29-30-28(22)27(34)14-18(2)3/h8,10,15-18,33H,6-7,9,11-14H2,1-5H3,(H,29,30). The number of aromatic nitrogens is 2. The molecule has 7 nitrogen and oxygen atoms in total. The number of phenolic OH excluding ortho intramolecular Hbond substituents is 1. The van der Waals surface area contributed by atoms with E-state index >= 15 is 0 Å². The van der Waals surface area contributed by atoms with E-state index in [1.165, 1.54) is 6.07 Å². The Hall–Kier alpha value is -3.19. The highest BCUT2D eigenvalue weighted by atomic mass is 16.5. The summed E-state index contributed by atoms with van der Waals surface area (Å²) < 4.78 is 5.89. The molecule has 0 aliphatic rings. The molecular weight excluding hydrogens is 442 g/mol. The number of aromatic amines is 1. The second-order valence-electron chi connectivity index (χ2n) is 9.72. The van der Waals surface area contributed by atoms with Crippen molar-refractivity contribution in [3.63, 3.8) is 0 Å². The van der Waals surface area contributed by atoms with Crippen molar-refractivity contribution in [2.45, 2.75) is 52.9 Å². The van der Waals surface area contributed by atoms with Crippen LogP contribution in [0, 0.1) is 5.92 Å². The molecule has 0 saturated heterocycles. The number of rotatable bonds is 13. The number of nitrogens with one attached hydrogen (secondary N) is 1. The lowest BCUT2D eigenvalue weighted by Crippen LogP contribution is -2.15. The van der Waals surface area contributed by atoms with Crippen LogP contribution in [0.2, 0.25) is 0 Å². The van der Waals surface area contributed by atoms with Crippen molar-refractivity contribution in [3.8, 4) is 11.5 Å². The van der Waals surface area contributed by atoms with E-state index in [-0.39, 0.29) is 35.2 Å². The lowest BCUT2D eigenvalue weighted by atomic mass is 9.96. The van der Waals surface area contributed by atoms with Crippen molar-refractivity contribution >= 4 is 22.5 Å². The Labute approximate surface area is 207 Å². The number of hydrogen-bond donors (Lipinski definition) is 2. The molecule has 0 unspecified atom stereocenters. The summed E-state index contributed by atoms with van der Waals surface area (Å²) >= 11 is 0. The van der Waals surface area contributed by atoms with Gasteiger partial charge in [-0.05, 0) is 68.6 Å². The lowest BCUT2D eigenvalue weighted by molar-refractivity contribution is 0.0959. The van der Waals surface area contributed by atoms with Gasteiger partial charge in [-0.25, -0.2) is 0 Å². The molecule has 0 amide bonds. The molecule has 0 fully saturated rings. The molecule has 2 aromatic carbocycles. The van der Waals surface area contributed by atoms with E-state index in [0.29, 0.717) is 36.0 Å². The van der Waals surface area contributed by atoms with E-state index in [4.69, 9.17) is 4.74 Å². The van der Waals surface area contributed by atoms with E-state index in [2.05, 4.69) is 28.1 Å². The van der Waals surface area contributed by atoms with Gasteiger partial charge in [0.05, 0.1) is 17.7 Å². The minimum atomic E-state index is -0.168. The van der Waals surface area contributed by atoms with Crippen molar-refractivity contribution in [2.24, 2.45) is 5.92 Å². The van der Waals surface area contributed by atoms with Crippen molar-refractivity contribution in [1.82, 2.24) is 15.1 Å². The van der Waals surface area contributed by atoms with Crippen LogP contribution >= 0.6 is 0 Å². The van der Waals surface area contributed by atoms with E-state index in [0.717, 1.165) is 36.3 Å². The van der Waals surface area contributed by atoms with Gasteiger partial charge in [-0.2, -0.15) is 5.10 Å². The summed E-state index contributed by atoms with van der Waals surface area (Å²) in [7, 11) is 4.09. The highest BCUT2D eigenvalue weighted by molar-refractivity contribution is 6.09. The molecule has 0 radical (unpaired) electrons. The minimum Gasteiger partial charge on any atom is -0.507 e. The van der Waals surface area contributed by atoms with Crippen LogP contribution in [0.5, 0.6) is 11.5 Å². The van der Waals surface area contributed by atoms with Gasteiger partial charge in [-0.3, -0.25) is 14.7 Å². The Morgan fingerprint density at radius 3 is 2.57 bits per heavy atom. The summed E-state index contributed by atoms with van der Waals surface area (Å²) in [6, 6.07) is 9.10. The quantitative estimate of drug-likeness (QED) is 0.258. The molecule has 35 heavy (non-hydrogen) atoms. The molecule has 7 heteroatoms. The molecule has 0 aliphatic carbocycles. The topological polar surface area (TPSA) is 95.5 Å². The summed E-state index contributed by atoms with van der Waals surface area (Å²) in [4.78, 5) is 27.8. The summed E-state index contributed by atoms with van der Waals surface area (Å²) in [6.45, 7) is 7.68. The van der Waals surface area contributed by atoms with E-state index in [1.54, 1.807) is 6.07 Å². The number of fused-ring (bicyclic) bond motifs is 1. The number of carbonyl (C=O) groups is 2. The molecule has 0 bridgehead atoms. The van der Waals surface area contributed by atoms with Gasteiger partial charge in [0.1, 0.15) is 17.2 Å². The fourth-order valence-corrected chi connectivity index (χ4v) is 4.18. The van der Waals surface area contributed by atoms with Gasteiger partial charge >= 0.3 is 0 Å². The molecule has 2 N–H and O–H groups in total. The van der Waals surface area contributed by atoms with Crippen LogP contribution in [-0.4, -0.2) is 59.0 Å². The number of aryl methyl sites for hydroxylation is 2. The molecule has 0 atom stereocenters. The van der Waals surface area contributed by atoms with Crippen LogP contribution in [0.4, 0.5) is 0 Å². The lowest BCUT2D eigenvalue weighted by Gasteiger charge is -2.13. The molecular formula is C28H37N3O4.